The van der Waals surface area contributed by atoms with E-state index in [4.69, 9.17) is 4.74 Å². The number of carbonyl (C=O) groups is 1. The minimum atomic E-state index is -3.49. The summed E-state index contributed by atoms with van der Waals surface area (Å²) in [6, 6.07) is -0.530. The summed E-state index contributed by atoms with van der Waals surface area (Å²) in [6.07, 6.45) is 22.6. The maximum Gasteiger partial charge on any atom is 0.408 e. The maximum atomic E-state index is 12.6. The third kappa shape index (κ3) is 21.4. The van der Waals surface area contributed by atoms with Crippen LogP contribution in [0.3, 0.4) is 0 Å². The lowest BCUT2D eigenvalue weighted by Crippen LogP contribution is -2.40. The number of amides is 1. The molecule has 0 aliphatic rings. The van der Waals surface area contributed by atoms with Gasteiger partial charge in [0.05, 0.1) is 45.3 Å². The summed E-state index contributed by atoms with van der Waals surface area (Å²) < 4.78 is 35.2. The predicted molar refractivity (Wildman–Crippen MR) is 185 cm³/mol. The van der Waals surface area contributed by atoms with E-state index in [9.17, 15) is 13.2 Å². The highest BCUT2D eigenvalue weighted by Crippen LogP contribution is 2.22. The standard InChI is InChI=1S/C31H61IN6O4S/c1-6-7-8-9-10-11-12-13-14-15-16-17-18-19-20-21-23-33-31(39)42-30(32)29(37-28(2)26-34-36-37)27-35-43(40,41)25-22-24-38(3,4)5/h26,29-30,35H,6-25,27H2,1-5H3/p+1. The van der Waals surface area contributed by atoms with E-state index in [2.05, 4.69) is 27.3 Å². The monoisotopic (exact) mass is 741 g/mol. The Hall–Kier alpha value is -0.990. The van der Waals surface area contributed by atoms with Crippen molar-refractivity contribution in [3.63, 3.8) is 0 Å². The number of rotatable bonds is 27. The van der Waals surface area contributed by atoms with Gasteiger partial charge in [-0.15, -0.1) is 5.10 Å². The third-order valence-corrected chi connectivity index (χ3v) is 10.2. The van der Waals surface area contributed by atoms with Crippen molar-refractivity contribution in [2.24, 2.45) is 0 Å². The number of aromatic nitrogens is 3. The van der Waals surface area contributed by atoms with Crippen molar-refractivity contribution in [1.82, 2.24) is 25.0 Å². The van der Waals surface area contributed by atoms with Crippen LogP contribution in [-0.4, -0.2) is 84.6 Å². The smallest absolute Gasteiger partial charge is 0.408 e. The molecule has 0 fully saturated rings. The normalized spacial score (nSPS) is 13.6. The van der Waals surface area contributed by atoms with Gasteiger partial charge in [-0.1, -0.05) is 108 Å². The number of hydrogen-bond donors (Lipinski definition) is 2. The fourth-order valence-corrected chi connectivity index (χ4v) is 6.88. The number of carbonyl (C=O) groups excluding carboxylic acids is 1. The predicted octanol–water partition coefficient (Wildman–Crippen LogP) is 6.89. The van der Waals surface area contributed by atoms with Crippen LogP contribution in [0.5, 0.6) is 0 Å². The van der Waals surface area contributed by atoms with E-state index >= 15 is 0 Å². The van der Waals surface area contributed by atoms with Crippen molar-refractivity contribution in [2.75, 3.05) is 46.5 Å². The van der Waals surface area contributed by atoms with Crippen molar-refractivity contribution >= 4 is 38.7 Å². The number of halogens is 1. The van der Waals surface area contributed by atoms with E-state index in [-0.39, 0.29) is 12.3 Å². The molecule has 0 saturated heterocycles. The third-order valence-electron chi connectivity index (χ3n) is 7.64. The molecule has 2 atom stereocenters. The number of sulfonamides is 1. The Morgan fingerprint density at radius 3 is 1.88 bits per heavy atom. The quantitative estimate of drug-likeness (QED) is 0.0440. The van der Waals surface area contributed by atoms with Crippen molar-refractivity contribution in [3.05, 3.63) is 11.9 Å². The molecule has 0 spiro atoms. The number of alkyl carbamates (subject to hydrolysis) is 1. The minimum Gasteiger partial charge on any atom is -0.433 e. The van der Waals surface area contributed by atoms with Crippen LogP contribution in [0.15, 0.2) is 6.20 Å². The largest absolute Gasteiger partial charge is 0.433 e. The fraction of sp³-hybridized carbons (Fsp3) is 0.903. The van der Waals surface area contributed by atoms with E-state index in [0.29, 0.717) is 17.4 Å². The molecule has 0 bridgehead atoms. The lowest BCUT2D eigenvalue weighted by Gasteiger charge is -2.25. The van der Waals surface area contributed by atoms with Crippen LogP contribution in [-0.2, 0) is 14.8 Å². The first-order valence-electron chi connectivity index (χ1n) is 16.7. The second-order valence-corrected chi connectivity index (χ2v) is 16.1. The molecule has 1 aromatic rings. The number of unbranched alkanes of at least 4 members (excludes halogenated alkanes) is 15. The first-order chi connectivity index (χ1) is 20.4. The Balaban J connectivity index is 2.22. The Morgan fingerprint density at radius 2 is 1.42 bits per heavy atom. The summed E-state index contributed by atoms with van der Waals surface area (Å²) in [5.41, 5.74) is 0.757. The number of nitrogens with zero attached hydrogens (tertiary/aromatic N) is 4. The van der Waals surface area contributed by atoms with Crippen LogP contribution >= 0.6 is 22.6 Å². The van der Waals surface area contributed by atoms with Crippen molar-refractivity contribution in [3.8, 4) is 0 Å². The van der Waals surface area contributed by atoms with E-state index in [1.54, 1.807) is 10.9 Å². The molecule has 0 aliphatic heterocycles. The summed E-state index contributed by atoms with van der Waals surface area (Å²) in [5, 5.41) is 10.9. The van der Waals surface area contributed by atoms with E-state index < -0.39 is 26.3 Å². The molecule has 0 radical (unpaired) electrons. The molecule has 10 nitrogen and oxygen atoms in total. The Labute approximate surface area is 276 Å². The van der Waals surface area contributed by atoms with Crippen LogP contribution in [0.25, 0.3) is 0 Å². The molecule has 43 heavy (non-hydrogen) atoms. The lowest BCUT2D eigenvalue weighted by molar-refractivity contribution is -0.870. The van der Waals surface area contributed by atoms with Gasteiger partial charge < -0.3 is 14.5 Å². The number of hydrogen-bond acceptors (Lipinski definition) is 6. The molecular weight excluding hydrogens is 679 g/mol. The van der Waals surface area contributed by atoms with Crippen LogP contribution in [0.1, 0.15) is 128 Å². The number of quaternary nitrogens is 1. The summed E-state index contributed by atoms with van der Waals surface area (Å²) in [6.45, 7) is 5.48. The van der Waals surface area contributed by atoms with Crippen molar-refractivity contribution in [2.45, 2.75) is 133 Å². The molecule has 0 aliphatic carbocycles. The van der Waals surface area contributed by atoms with Gasteiger partial charge in [-0.3, -0.25) is 0 Å². The van der Waals surface area contributed by atoms with Gasteiger partial charge in [0, 0.05) is 19.5 Å². The number of ether oxygens (including phenoxy) is 1. The summed E-state index contributed by atoms with van der Waals surface area (Å²) in [4.78, 5) is 12.5. The van der Waals surface area contributed by atoms with E-state index in [1.165, 1.54) is 89.9 Å². The van der Waals surface area contributed by atoms with Gasteiger partial charge in [0.2, 0.25) is 10.0 Å². The molecule has 1 amide bonds. The van der Waals surface area contributed by atoms with Crippen LogP contribution < -0.4 is 10.0 Å². The second kappa shape index (κ2) is 23.4. The Morgan fingerprint density at radius 1 is 0.907 bits per heavy atom. The Kier molecular flexibility index (Phi) is 21.8. The second-order valence-electron chi connectivity index (χ2n) is 12.9. The van der Waals surface area contributed by atoms with Gasteiger partial charge >= 0.3 is 6.09 Å². The molecule has 1 heterocycles. The zero-order valence-corrected chi connectivity index (χ0v) is 30.8. The number of alkyl halides is 1. The lowest BCUT2D eigenvalue weighted by atomic mass is 10.0. The van der Waals surface area contributed by atoms with Gasteiger partial charge in [-0.25, -0.2) is 22.6 Å². The van der Waals surface area contributed by atoms with Crippen molar-refractivity contribution in [1.29, 1.82) is 0 Å². The van der Waals surface area contributed by atoms with Gasteiger partial charge in [0.15, 0.2) is 4.11 Å². The molecule has 2 unspecified atom stereocenters. The first-order valence-corrected chi connectivity index (χ1v) is 19.6. The molecular formula is C31H62IN6O4S+. The summed E-state index contributed by atoms with van der Waals surface area (Å²) >= 11 is 2.02. The summed E-state index contributed by atoms with van der Waals surface area (Å²) in [5.74, 6) is 0.0398. The fourth-order valence-electron chi connectivity index (χ4n) is 5.01. The number of nitrogens with one attached hydrogen (secondary N) is 2. The molecule has 0 aromatic carbocycles. The van der Waals surface area contributed by atoms with Crippen LogP contribution in [0.4, 0.5) is 4.79 Å². The molecule has 252 valence electrons. The van der Waals surface area contributed by atoms with Gasteiger partial charge in [-0.2, -0.15) is 0 Å². The SMILES string of the molecule is CCCCCCCCCCCCCCCCCCNC(=O)OC(I)C(CNS(=O)(=O)CCC[N+](C)(C)C)n1nncc1C. The molecule has 1 rings (SSSR count). The highest BCUT2D eigenvalue weighted by atomic mass is 127. The van der Waals surface area contributed by atoms with Crippen LogP contribution in [0, 0.1) is 6.92 Å². The van der Waals surface area contributed by atoms with Crippen molar-refractivity contribution < 1.29 is 22.4 Å². The van der Waals surface area contributed by atoms with Gasteiger partial charge in [0.25, 0.3) is 0 Å². The Bertz CT molecular complexity index is 954. The molecule has 1 aromatic heterocycles. The van der Waals surface area contributed by atoms with Crippen LogP contribution in [0.2, 0.25) is 0 Å². The van der Waals surface area contributed by atoms with E-state index in [1.807, 2.05) is 50.7 Å². The highest BCUT2D eigenvalue weighted by molar-refractivity contribution is 14.1. The van der Waals surface area contributed by atoms with Gasteiger partial charge in [-0.05, 0) is 35.9 Å². The first kappa shape index (κ1) is 40.0. The van der Waals surface area contributed by atoms with E-state index in [0.717, 1.165) is 25.1 Å². The molecule has 12 heteroatoms. The minimum absolute atomic E-state index is 0.0398. The highest BCUT2D eigenvalue weighted by Gasteiger charge is 2.28. The topological polar surface area (TPSA) is 115 Å². The maximum absolute atomic E-state index is 12.6. The average Bonchev–Trinajstić information content (AvgIpc) is 3.34. The number of aryl methyl sites for hydroxylation is 1. The zero-order valence-electron chi connectivity index (χ0n) is 27.8. The molecule has 2 N–H and O–H groups in total. The summed E-state index contributed by atoms with van der Waals surface area (Å²) in [7, 11) is 2.62. The zero-order chi connectivity index (χ0) is 32.0. The van der Waals surface area contributed by atoms with Gasteiger partial charge in [0.1, 0.15) is 6.04 Å². The molecule has 0 saturated carbocycles. The average molecular weight is 742 g/mol.